The molecule has 1 nitrogen and oxygen atoms in total. The highest BCUT2D eigenvalue weighted by Crippen LogP contribution is 2.36. The highest BCUT2D eigenvalue weighted by molar-refractivity contribution is 6.31. The van der Waals surface area contributed by atoms with Crippen LogP contribution in [0, 0.1) is 5.82 Å². The van der Waals surface area contributed by atoms with E-state index >= 15 is 0 Å². The molecule has 1 saturated heterocycles. The van der Waals surface area contributed by atoms with Crippen LogP contribution in [-0.4, -0.2) is 13.1 Å². The average Bonchev–Trinajstić information content (AvgIpc) is 2.35. The smallest absolute Gasteiger partial charge is 0.123 e. The Kier molecular flexibility index (Phi) is 3.29. The van der Waals surface area contributed by atoms with Crippen molar-refractivity contribution in [2.75, 3.05) is 13.1 Å². The second kappa shape index (κ2) is 4.95. The van der Waals surface area contributed by atoms with Crippen molar-refractivity contribution < 1.29 is 4.39 Å². The summed E-state index contributed by atoms with van der Waals surface area (Å²) in [5, 5.41) is 4.10. The minimum atomic E-state index is -0.181. The van der Waals surface area contributed by atoms with Crippen molar-refractivity contribution in [2.24, 2.45) is 0 Å². The van der Waals surface area contributed by atoms with E-state index < -0.39 is 0 Å². The molecule has 3 heteroatoms. The van der Waals surface area contributed by atoms with Crippen LogP contribution >= 0.6 is 11.6 Å². The summed E-state index contributed by atoms with van der Waals surface area (Å²) in [6, 6.07) is 14.8. The Balaban J connectivity index is 1.94. The van der Waals surface area contributed by atoms with Gasteiger partial charge in [-0.15, -0.1) is 0 Å². The van der Waals surface area contributed by atoms with Gasteiger partial charge in [0.25, 0.3) is 0 Å². The van der Waals surface area contributed by atoms with E-state index in [1.807, 2.05) is 24.3 Å². The fraction of sp³-hybridized carbons (Fsp3) is 0.250. The summed E-state index contributed by atoms with van der Waals surface area (Å²) in [7, 11) is 0. The molecule has 0 aliphatic carbocycles. The topological polar surface area (TPSA) is 12.0 Å². The predicted molar refractivity (Wildman–Crippen MR) is 76.1 cm³/mol. The molecule has 2 aromatic carbocycles. The molecule has 3 rings (SSSR count). The second-order valence-electron chi connectivity index (χ2n) is 5.17. The van der Waals surface area contributed by atoms with Crippen LogP contribution < -0.4 is 5.32 Å². The lowest BCUT2D eigenvalue weighted by atomic mass is 9.71. The van der Waals surface area contributed by atoms with Crippen molar-refractivity contribution in [1.29, 1.82) is 0 Å². The average molecular weight is 276 g/mol. The zero-order valence-electron chi connectivity index (χ0n) is 10.5. The van der Waals surface area contributed by atoms with Gasteiger partial charge in [0.05, 0.1) is 0 Å². The van der Waals surface area contributed by atoms with Crippen LogP contribution in [0.1, 0.15) is 11.1 Å². The zero-order valence-corrected chi connectivity index (χ0v) is 11.3. The first-order chi connectivity index (χ1) is 9.20. The molecule has 0 radical (unpaired) electrons. The van der Waals surface area contributed by atoms with Gasteiger partial charge in [-0.1, -0.05) is 41.9 Å². The highest BCUT2D eigenvalue weighted by Gasteiger charge is 2.39. The number of nitrogens with one attached hydrogen (secondary N) is 1. The standard InChI is InChI=1S/C16H15ClFN/c17-15-7-2-1-6-14(15)16(10-19-11-16)9-12-4-3-5-13(18)8-12/h1-8,19H,9-11H2. The van der Waals surface area contributed by atoms with Crippen LogP contribution in [0.5, 0.6) is 0 Å². The van der Waals surface area contributed by atoms with E-state index in [0.29, 0.717) is 0 Å². The van der Waals surface area contributed by atoms with Crippen molar-refractivity contribution >= 4 is 11.6 Å². The van der Waals surface area contributed by atoms with Crippen LogP contribution in [-0.2, 0) is 11.8 Å². The molecule has 0 amide bonds. The SMILES string of the molecule is Fc1cccc(CC2(c3ccccc3Cl)CNC2)c1. The number of hydrogen-bond donors (Lipinski definition) is 1. The van der Waals surface area contributed by atoms with E-state index in [0.717, 1.165) is 35.7 Å². The van der Waals surface area contributed by atoms with Gasteiger partial charge in [0, 0.05) is 23.5 Å². The molecular formula is C16H15ClFN. The van der Waals surface area contributed by atoms with Gasteiger partial charge >= 0.3 is 0 Å². The van der Waals surface area contributed by atoms with Crippen LogP contribution in [0.25, 0.3) is 0 Å². The van der Waals surface area contributed by atoms with Gasteiger partial charge in [0.1, 0.15) is 5.82 Å². The first kappa shape index (κ1) is 12.6. The first-order valence-corrected chi connectivity index (χ1v) is 6.78. The maximum atomic E-state index is 13.3. The molecule has 19 heavy (non-hydrogen) atoms. The molecule has 0 saturated carbocycles. The van der Waals surface area contributed by atoms with Gasteiger partial charge in [-0.3, -0.25) is 0 Å². The summed E-state index contributed by atoms with van der Waals surface area (Å²) < 4.78 is 13.3. The lowest BCUT2D eigenvalue weighted by Crippen LogP contribution is -2.58. The van der Waals surface area contributed by atoms with E-state index in [9.17, 15) is 4.39 Å². The lowest BCUT2D eigenvalue weighted by Gasteiger charge is -2.44. The first-order valence-electron chi connectivity index (χ1n) is 6.40. The fourth-order valence-corrected chi connectivity index (χ4v) is 3.10. The molecule has 1 aliphatic rings. The summed E-state index contributed by atoms with van der Waals surface area (Å²) >= 11 is 6.32. The molecule has 0 bridgehead atoms. The third kappa shape index (κ3) is 2.38. The van der Waals surface area contributed by atoms with Crippen molar-refractivity contribution in [3.05, 3.63) is 70.5 Å². The molecule has 0 unspecified atom stereocenters. The minimum Gasteiger partial charge on any atom is -0.315 e. The predicted octanol–water partition coefficient (Wildman–Crippen LogP) is 3.56. The van der Waals surface area contributed by atoms with Gasteiger partial charge < -0.3 is 5.32 Å². The summed E-state index contributed by atoms with van der Waals surface area (Å²) in [5.74, 6) is -0.181. The van der Waals surface area contributed by atoms with Crippen molar-refractivity contribution in [2.45, 2.75) is 11.8 Å². The quantitative estimate of drug-likeness (QED) is 0.903. The zero-order chi connectivity index (χ0) is 13.3. The van der Waals surface area contributed by atoms with Crippen LogP contribution in [0.15, 0.2) is 48.5 Å². The Morgan fingerprint density at radius 3 is 2.53 bits per heavy atom. The Morgan fingerprint density at radius 1 is 1.11 bits per heavy atom. The van der Waals surface area contributed by atoms with Crippen molar-refractivity contribution in [3.8, 4) is 0 Å². The van der Waals surface area contributed by atoms with Gasteiger partial charge in [0.2, 0.25) is 0 Å². The van der Waals surface area contributed by atoms with Crippen molar-refractivity contribution in [1.82, 2.24) is 5.32 Å². The van der Waals surface area contributed by atoms with E-state index in [1.165, 1.54) is 6.07 Å². The van der Waals surface area contributed by atoms with Gasteiger partial charge in [-0.05, 0) is 35.7 Å². The van der Waals surface area contributed by atoms with E-state index in [1.54, 1.807) is 12.1 Å². The Hall–Kier alpha value is -1.38. The van der Waals surface area contributed by atoms with Crippen molar-refractivity contribution in [3.63, 3.8) is 0 Å². The maximum Gasteiger partial charge on any atom is 0.123 e. The molecule has 1 N–H and O–H groups in total. The van der Waals surface area contributed by atoms with Gasteiger partial charge in [-0.25, -0.2) is 4.39 Å². The minimum absolute atomic E-state index is 0.00780. The molecule has 1 heterocycles. The molecule has 1 aliphatic heterocycles. The van der Waals surface area contributed by atoms with Crippen LogP contribution in [0.2, 0.25) is 5.02 Å². The summed E-state index contributed by atoms with van der Waals surface area (Å²) in [5.41, 5.74) is 2.16. The molecule has 2 aromatic rings. The summed E-state index contributed by atoms with van der Waals surface area (Å²) in [6.45, 7) is 1.76. The normalized spacial score (nSPS) is 16.9. The number of hydrogen-bond acceptors (Lipinski definition) is 1. The molecule has 0 spiro atoms. The number of halogens is 2. The lowest BCUT2D eigenvalue weighted by molar-refractivity contribution is 0.274. The summed E-state index contributed by atoms with van der Waals surface area (Å²) in [4.78, 5) is 0. The van der Waals surface area contributed by atoms with Gasteiger partial charge in [0.15, 0.2) is 0 Å². The molecule has 0 aromatic heterocycles. The number of rotatable bonds is 3. The van der Waals surface area contributed by atoms with Gasteiger partial charge in [-0.2, -0.15) is 0 Å². The van der Waals surface area contributed by atoms with E-state index in [4.69, 9.17) is 11.6 Å². The fourth-order valence-electron chi connectivity index (χ4n) is 2.77. The largest absolute Gasteiger partial charge is 0.315 e. The van der Waals surface area contributed by atoms with E-state index in [2.05, 4.69) is 11.4 Å². The molecule has 0 atom stereocenters. The Bertz CT molecular complexity index is 593. The Morgan fingerprint density at radius 2 is 1.89 bits per heavy atom. The maximum absolute atomic E-state index is 13.3. The number of benzene rings is 2. The van der Waals surface area contributed by atoms with E-state index in [-0.39, 0.29) is 11.2 Å². The summed E-state index contributed by atoms with van der Waals surface area (Å²) in [6.07, 6.45) is 0.807. The third-order valence-corrected chi connectivity index (χ3v) is 4.13. The Labute approximate surface area is 117 Å². The molecule has 1 fully saturated rings. The second-order valence-corrected chi connectivity index (χ2v) is 5.58. The van der Waals surface area contributed by atoms with Crippen LogP contribution in [0.3, 0.4) is 0 Å². The molecule has 98 valence electrons. The monoisotopic (exact) mass is 275 g/mol. The third-order valence-electron chi connectivity index (χ3n) is 3.80. The molecular weight excluding hydrogens is 261 g/mol. The van der Waals surface area contributed by atoms with Crippen LogP contribution in [0.4, 0.5) is 4.39 Å². The highest BCUT2D eigenvalue weighted by atomic mass is 35.5.